The highest BCUT2D eigenvalue weighted by atomic mass is 14.0. The van der Waals surface area contributed by atoms with E-state index in [0.29, 0.717) is 0 Å². The van der Waals surface area contributed by atoms with Crippen LogP contribution in [0.2, 0.25) is 0 Å². The summed E-state index contributed by atoms with van der Waals surface area (Å²) in [4.78, 5) is 0. The molecule has 0 nitrogen and oxygen atoms in total. The average Bonchev–Trinajstić information content (AvgIpc) is 2.43. The molecular weight excluding hydrogens is 216 g/mol. The van der Waals surface area contributed by atoms with Gasteiger partial charge in [-0.15, -0.1) is 0 Å². The van der Waals surface area contributed by atoms with Crippen molar-refractivity contribution in [3.8, 4) is 0 Å². The first-order valence-electron chi connectivity index (χ1n) is 6.16. The molecule has 92 valence electrons. The summed E-state index contributed by atoms with van der Waals surface area (Å²) in [5, 5.41) is 0. The Hall–Kier alpha value is -2.08. The Morgan fingerprint density at radius 3 is 2.28 bits per heavy atom. The summed E-state index contributed by atoms with van der Waals surface area (Å²) in [6, 6.07) is 10.2. The first-order valence-corrected chi connectivity index (χ1v) is 6.16. The number of allylic oxidation sites excluding steroid dienone is 9. The summed E-state index contributed by atoms with van der Waals surface area (Å²) in [5.74, 6) is 0. The van der Waals surface area contributed by atoms with Gasteiger partial charge in [-0.2, -0.15) is 0 Å². The Morgan fingerprint density at radius 2 is 1.67 bits per heavy atom. The van der Waals surface area contributed by atoms with Crippen molar-refractivity contribution in [3.05, 3.63) is 90.6 Å². The SMILES string of the molecule is C=C(/C=C/C(/C=C\C=C/C)=C/C)c1ccccc1. The summed E-state index contributed by atoms with van der Waals surface area (Å²) in [5.41, 5.74) is 3.35. The molecular formula is C18H20. The van der Waals surface area contributed by atoms with Gasteiger partial charge in [-0.05, 0) is 30.6 Å². The predicted molar refractivity (Wildman–Crippen MR) is 82.3 cm³/mol. The van der Waals surface area contributed by atoms with Gasteiger partial charge in [-0.1, -0.05) is 79.4 Å². The van der Waals surface area contributed by atoms with E-state index in [2.05, 4.69) is 36.9 Å². The molecule has 1 aromatic carbocycles. The maximum absolute atomic E-state index is 4.08. The van der Waals surface area contributed by atoms with Gasteiger partial charge in [0.25, 0.3) is 0 Å². The van der Waals surface area contributed by atoms with Gasteiger partial charge in [-0.25, -0.2) is 0 Å². The van der Waals surface area contributed by atoms with Crippen LogP contribution in [0.3, 0.4) is 0 Å². The summed E-state index contributed by atoms with van der Waals surface area (Å²) in [6.45, 7) is 8.11. The molecule has 0 aliphatic rings. The van der Waals surface area contributed by atoms with Crippen LogP contribution in [-0.2, 0) is 0 Å². The fourth-order valence-electron chi connectivity index (χ4n) is 1.47. The van der Waals surface area contributed by atoms with E-state index in [1.165, 1.54) is 5.57 Å². The van der Waals surface area contributed by atoms with Gasteiger partial charge in [0, 0.05) is 0 Å². The second-order valence-corrected chi connectivity index (χ2v) is 3.90. The van der Waals surface area contributed by atoms with E-state index < -0.39 is 0 Å². The lowest BCUT2D eigenvalue weighted by molar-refractivity contribution is 1.58. The molecule has 0 spiro atoms. The Balaban J connectivity index is 2.71. The zero-order valence-corrected chi connectivity index (χ0v) is 11.1. The summed E-state index contributed by atoms with van der Waals surface area (Å²) >= 11 is 0. The molecule has 1 aromatic rings. The minimum Gasteiger partial charge on any atom is -0.0912 e. The predicted octanol–water partition coefficient (Wildman–Crippen LogP) is 5.33. The van der Waals surface area contributed by atoms with E-state index in [0.717, 1.165) is 11.1 Å². The van der Waals surface area contributed by atoms with Crippen LogP contribution in [0, 0.1) is 0 Å². The van der Waals surface area contributed by atoms with E-state index in [1.807, 2.05) is 56.4 Å². The number of benzene rings is 1. The van der Waals surface area contributed by atoms with E-state index in [4.69, 9.17) is 0 Å². The van der Waals surface area contributed by atoms with Gasteiger partial charge in [0.15, 0.2) is 0 Å². The Kier molecular flexibility index (Phi) is 6.27. The second kappa shape index (κ2) is 8.08. The first kappa shape index (κ1) is 14.0. The standard InChI is InChI=1S/C18H20/c1-4-6-8-11-17(5-2)15-14-16(3)18-12-9-7-10-13-18/h4-15H,3H2,1-2H3/b6-4-,11-8-,15-14+,17-5+. The molecule has 0 aliphatic heterocycles. The third-order valence-corrected chi connectivity index (χ3v) is 2.55. The van der Waals surface area contributed by atoms with Crippen LogP contribution in [-0.4, -0.2) is 0 Å². The smallest absolute Gasteiger partial charge is 0.0190 e. The van der Waals surface area contributed by atoms with E-state index >= 15 is 0 Å². The molecule has 18 heavy (non-hydrogen) atoms. The van der Waals surface area contributed by atoms with Crippen molar-refractivity contribution in [2.24, 2.45) is 0 Å². The Labute approximate surface area is 110 Å². The summed E-state index contributed by atoms with van der Waals surface area (Å²) < 4.78 is 0. The normalized spacial score (nSPS) is 12.9. The minimum atomic E-state index is 1.02. The average molecular weight is 236 g/mol. The molecule has 0 radical (unpaired) electrons. The monoisotopic (exact) mass is 236 g/mol. The van der Waals surface area contributed by atoms with Crippen LogP contribution in [0.25, 0.3) is 5.57 Å². The lowest BCUT2D eigenvalue weighted by Gasteiger charge is -1.99. The summed E-state index contributed by atoms with van der Waals surface area (Å²) in [6.07, 6.45) is 14.3. The van der Waals surface area contributed by atoms with Crippen LogP contribution >= 0.6 is 0 Å². The zero-order valence-electron chi connectivity index (χ0n) is 11.1. The van der Waals surface area contributed by atoms with Crippen molar-refractivity contribution in [1.82, 2.24) is 0 Å². The van der Waals surface area contributed by atoms with Gasteiger partial charge in [-0.3, -0.25) is 0 Å². The topological polar surface area (TPSA) is 0 Å². The minimum absolute atomic E-state index is 1.02. The van der Waals surface area contributed by atoms with Gasteiger partial charge < -0.3 is 0 Å². The van der Waals surface area contributed by atoms with Crippen molar-refractivity contribution < 1.29 is 0 Å². The van der Waals surface area contributed by atoms with Crippen LogP contribution < -0.4 is 0 Å². The first-order chi connectivity index (χ1) is 8.77. The molecule has 0 atom stereocenters. The Bertz CT molecular complexity index is 482. The maximum atomic E-state index is 4.08. The maximum Gasteiger partial charge on any atom is -0.0190 e. The molecule has 0 aliphatic carbocycles. The second-order valence-electron chi connectivity index (χ2n) is 3.90. The number of hydrogen-bond acceptors (Lipinski definition) is 0. The van der Waals surface area contributed by atoms with Crippen molar-refractivity contribution in [1.29, 1.82) is 0 Å². The van der Waals surface area contributed by atoms with E-state index in [-0.39, 0.29) is 0 Å². The molecule has 0 fully saturated rings. The van der Waals surface area contributed by atoms with Crippen LogP contribution in [0.4, 0.5) is 0 Å². The fraction of sp³-hybridized carbons (Fsp3) is 0.111. The highest BCUT2D eigenvalue weighted by Gasteiger charge is 1.92. The molecule has 0 saturated carbocycles. The zero-order chi connectivity index (χ0) is 13.2. The van der Waals surface area contributed by atoms with Crippen molar-refractivity contribution >= 4 is 5.57 Å². The molecule has 0 unspecified atom stereocenters. The largest absolute Gasteiger partial charge is 0.0912 e. The molecule has 0 N–H and O–H groups in total. The van der Waals surface area contributed by atoms with Crippen molar-refractivity contribution in [2.45, 2.75) is 13.8 Å². The van der Waals surface area contributed by atoms with E-state index in [1.54, 1.807) is 0 Å². The molecule has 0 aromatic heterocycles. The highest BCUT2D eigenvalue weighted by Crippen LogP contribution is 2.14. The lowest BCUT2D eigenvalue weighted by Crippen LogP contribution is -1.78. The van der Waals surface area contributed by atoms with Gasteiger partial charge >= 0.3 is 0 Å². The van der Waals surface area contributed by atoms with Crippen LogP contribution in [0.15, 0.2) is 85.0 Å². The third kappa shape index (κ3) is 4.84. The third-order valence-electron chi connectivity index (χ3n) is 2.55. The molecule has 0 heterocycles. The number of rotatable bonds is 5. The van der Waals surface area contributed by atoms with Gasteiger partial charge in [0.05, 0.1) is 0 Å². The Morgan fingerprint density at radius 1 is 0.944 bits per heavy atom. The van der Waals surface area contributed by atoms with Gasteiger partial charge in [0.2, 0.25) is 0 Å². The molecule has 1 rings (SSSR count). The molecule has 0 heteroatoms. The quantitative estimate of drug-likeness (QED) is 0.606. The van der Waals surface area contributed by atoms with Crippen LogP contribution in [0.1, 0.15) is 19.4 Å². The number of hydrogen-bond donors (Lipinski definition) is 0. The van der Waals surface area contributed by atoms with Crippen LogP contribution in [0.5, 0.6) is 0 Å². The molecule has 0 saturated heterocycles. The van der Waals surface area contributed by atoms with Gasteiger partial charge in [0.1, 0.15) is 0 Å². The fourth-order valence-corrected chi connectivity index (χ4v) is 1.47. The highest BCUT2D eigenvalue weighted by molar-refractivity contribution is 5.72. The molecule has 0 bridgehead atoms. The van der Waals surface area contributed by atoms with Crippen molar-refractivity contribution in [2.75, 3.05) is 0 Å². The van der Waals surface area contributed by atoms with E-state index in [9.17, 15) is 0 Å². The molecule has 0 amide bonds. The summed E-state index contributed by atoms with van der Waals surface area (Å²) in [7, 11) is 0. The van der Waals surface area contributed by atoms with Crippen molar-refractivity contribution in [3.63, 3.8) is 0 Å². The lowest BCUT2D eigenvalue weighted by atomic mass is 10.1.